The fourth-order valence-electron chi connectivity index (χ4n) is 3.11. The number of rotatable bonds is 3. The molecule has 0 amide bonds. The fraction of sp³-hybridized carbons (Fsp3) is 0.625. The maximum Gasteiger partial charge on any atom is 0.160 e. The SMILES string of the molecule is Cc1ccc2nc(CCl)n(CC3(C)CCN(C)CC3)c2n1. The number of halogens is 1. The molecule has 1 saturated heterocycles. The monoisotopic (exact) mass is 306 g/mol. The summed E-state index contributed by atoms with van der Waals surface area (Å²) >= 11 is 6.11. The van der Waals surface area contributed by atoms with Gasteiger partial charge in [-0.3, -0.25) is 0 Å². The van der Waals surface area contributed by atoms with Crippen molar-refractivity contribution in [3.05, 3.63) is 23.7 Å². The summed E-state index contributed by atoms with van der Waals surface area (Å²) in [5.74, 6) is 1.37. The number of hydrogen-bond donors (Lipinski definition) is 0. The quantitative estimate of drug-likeness (QED) is 0.817. The van der Waals surface area contributed by atoms with Gasteiger partial charge in [-0.05, 0) is 57.5 Å². The molecule has 4 nitrogen and oxygen atoms in total. The summed E-state index contributed by atoms with van der Waals surface area (Å²) in [6.07, 6.45) is 2.41. The molecule has 1 aliphatic heterocycles. The van der Waals surface area contributed by atoms with Crippen LogP contribution in [0.15, 0.2) is 12.1 Å². The van der Waals surface area contributed by atoms with Crippen molar-refractivity contribution in [2.75, 3.05) is 20.1 Å². The number of aromatic nitrogens is 3. The van der Waals surface area contributed by atoms with Crippen molar-refractivity contribution in [1.82, 2.24) is 19.4 Å². The van der Waals surface area contributed by atoms with Gasteiger partial charge in [0.15, 0.2) is 5.65 Å². The highest BCUT2D eigenvalue weighted by Gasteiger charge is 2.30. The van der Waals surface area contributed by atoms with E-state index in [9.17, 15) is 0 Å². The lowest BCUT2D eigenvalue weighted by Crippen LogP contribution is -2.38. The summed E-state index contributed by atoms with van der Waals surface area (Å²) in [4.78, 5) is 11.7. The summed E-state index contributed by atoms with van der Waals surface area (Å²) in [6.45, 7) is 7.67. The van der Waals surface area contributed by atoms with Crippen LogP contribution in [0.3, 0.4) is 0 Å². The molecule has 1 fully saturated rings. The molecule has 0 bridgehead atoms. The second kappa shape index (κ2) is 5.58. The van der Waals surface area contributed by atoms with Crippen molar-refractivity contribution >= 4 is 22.8 Å². The minimum absolute atomic E-state index is 0.298. The molecule has 0 aromatic carbocycles. The Morgan fingerprint density at radius 3 is 2.62 bits per heavy atom. The highest BCUT2D eigenvalue weighted by atomic mass is 35.5. The van der Waals surface area contributed by atoms with E-state index < -0.39 is 0 Å². The van der Waals surface area contributed by atoms with Crippen LogP contribution in [-0.2, 0) is 12.4 Å². The average Bonchev–Trinajstić information content (AvgIpc) is 2.80. The third kappa shape index (κ3) is 2.92. The topological polar surface area (TPSA) is 34.0 Å². The molecule has 114 valence electrons. The van der Waals surface area contributed by atoms with Gasteiger partial charge in [0.05, 0.1) is 5.88 Å². The van der Waals surface area contributed by atoms with Gasteiger partial charge < -0.3 is 9.47 Å². The molecular formula is C16H23ClN4. The lowest BCUT2D eigenvalue weighted by molar-refractivity contribution is 0.121. The predicted octanol–water partition coefficient (Wildman–Crippen LogP) is 3.21. The molecule has 0 unspecified atom stereocenters. The average molecular weight is 307 g/mol. The lowest BCUT2D eigenvalue weighted by Gasteiger charge is -2.38. The van der Waals surface area contributed by atoms with Crippen LogP contribution in [0.1, 0.15) is 31.3 Å². The molecule has 0 N–H and O–H groups in total. The third-order valence-corrected chi connectivity index (χ3v) is 4.90. The van der Waals surface area contributed by atoms with Crippen LogP contribution in [0, 0.1) is 12.3 Å². The number of fused-ring (bicyclic) bond motifs is 1. The van der Waals surface area contributed by atoms with E-state index in [1.54, 1.807) is 0 Å². The van der Waals surface area contributed by atoms with Crippen LogP contribution in [0.5, 0.6) is 0 Å². The van der Waals surface area contributed by atoms with E-state index in [-0.39, 0.29) is 0 Å². The maximum atomic E-state index is 6.11. The van der Waals surface area contributed by atoms with Crippen molar-refractivity contribution in [2.24, 2.45) is 5.41 Å². The molecule has 0 saturated carbocycles. The molecule has 0 spiro atoms. The Morgan fingerprint density at radius 1 is 1.24 bits per heavy atom. The molecule has 2 aromatic rings. The van der Waals surface area contributed by atoms with Crippen molar-refractivity contribution < 1.29 is 0 Å². The van der Waals surface area contributed by atoms with Crippen molar-refractivity contribution in [1.29, 1.82) is 0 Å². The summed E-state index contributed by atoms with van der Waals surface area (Å²) in [6, 6.07) is 4.05. The maximum absolute atomic E-state index is 6.11. The number of likely N-dealkylation sites (tertiary alicyclic amines) is 1. The Labute approximate surface area is 131 Å². The van der Waals surface area contributed by atoms with E-state index in [1.165, 1.54) is 12.8 Å². The number of hydrogen-bond acceptors (Lipinski definition) is 3. The highest BCUT2D eigenvalue weighted by molar-refractivity contribution is 6.16. The minimum Gasteiger partial charge on any atom is -0.311 e. The van der Waals surface area contributed by atoms with E-state index in [4.69, 9.17) is 11.6 Å². The van der Waals surface area contributed by atoms with E-state index in [2.05, 4.69) is 33.4 Å². The second-order valence-electron chi connectivity index (χ2n) is 6.66. The predicted molar refractivity (Wildman–Crippen MR) is 86.7 cm³/mol. The zero-order chi connectivity index (χ0) is 15.0. The van der Waals surface area contributed by atoms with Gasteiger partial charge in [-0.2, -0.15) is 0 Å². The molecular weight excluding hydrogens is 284 g/mol. The first-order chi connectivity index (χ1) is 10.0. The number of imidazole rings is 1. The molecule has 1 aliphatic rings. The van der Waals surface area contributed by atoms with Gasteiger partial charge >= 0.3 is 0 Å². The van der Waals surface area contributed by atoms with Gasteiger partial charge in [0.2, 0.25) is 0 Å². The van der Waals surface area contributed by atoms with Crippen molar-refractivity contribution in [3.63, 3.8) is 0 Å². The molecule has 0 radical (unpaired) electrons. The summed E-state index contributed by atoms with van der Waals surface area (Å²) in [5.41, 5.74) is 3.25. The summed E-state index contributed by atoms with van der Waals surface area (Å²) < 4.78 is 2.24. The van der Waals surface area contributed by atoms with Crippen LogP contribution in [0.2, 0.25) is 0 Å². The second-order valence-corrected chi connectivity index (χ2v) is 6.92. The largest absolute Gasteiger partial charge is 0.311 e. The molecule has 2 aromatic heterocycles. The van der Waals surface area contributed by atoms with Crippen LogP contribution >= 0.6 is 11.6 Å². The fourth-order valence-corrected chi connectivity index (χ4v) is 3.31. The summed E-state index contributed by atoms with van der Waals surface area (Å²) in [5, 5.41) is 0. The normalized spacial score (nSPS) is 19.2. The number of nitrogens with zero attached hydrogens (tertiary/aromatic N) is 4. The van der Waals surface area contributed by atoms with Crippen LogP contribution in [0.25, 0.3) is 11.2 Å². The molecule has 3 rings (SSSR count). The number of alkyl halides is 1. The standard InChI is InChI=1S/C16H23ClN4/c1-12-4-5-13-15(18-12)21(14(10-17)19-13)11-16(2)6-8-20(3)9-7-16/h4-5H,6-11H2,1-3H3. The van der Waals surface area contributed by atoms with Gasteiger partial charge in [-0.15, -0.1) is 11.6 Å². The van der Waals surface area contributed by atoms with E-state index >= 15 is 0 Å². The van der Waals surface area contributed by atoms with E-state index in [1.807, 2.05) is 19.1 Å². The Bertz CT molecular complexity index is 641. The zero-order valence-electron chi connectivity index (χ0n) is 13.1. The molecule has 5 heteroatoms. The van der Waals surface area contributed by atoms with Gasteiger partial charge in [0.1, 0.15) is 11.3 Å². The van der Waals surface area contributed by atoms with Gasteiger partial charge in [-0.25, -0.2) is 9.97 Å². The van der Waals surface area contributed by atoms with Gasteiger partial charge in [0, 0.05) is 12.2 Å². The van der Waals surface area contributed by atoms with Crippen LogP contribution < -0.4 is 0 Å². The molecule has 0 aliphatic carbocycles. The van der Waals surface area contributed by atoms with E-state index in [0.717, 1.165) is 42.3 Å². The number of aryl methyl sites for hydroxylation is 1. The molecule has 0 atom stereocenters. The zero-order valence-corrected chi connectivity index (χ0v) is 13.8. The summed E-state index contributed by atoms with van der Waals surface area (Å²) in [7, 11) is 2.20. The Hall–Kier alpha value is -1.13. The first kappa shape index (κ1) is 14.8. The Morgan fingerprint density at radius 2 is 1.95 bits per heavy atom. The number of piperidine rings is 1. The van der Waals surface area contributed by atoms with Gasteiger partial charge in [-0.1, -0.05) is 6.92 Å². The first-order valence-electron chi connectivity index (χ1n) is 7.58. The van der Waals surface area contributed by atoms with E-state index in [0.29, 0.717) is 11.3 Å². The minimum atomic E-state index is 0.298. The first-order valence-corrected chi connectivity index (χ1v) is 8.11. The third-order valence-electron chi connectivity index (χ3n) is 4.66. The molecule has 3 heterocycles. The van der Waals surface area contributed by atoms with Crippen LogP contribution in [0.4, 0.5) is 0 Å². The Kier molecular flexibility index (Phi) is 3.93. The van der Waals surface area contributed by atoms with Crippen molar-refractivity contribution in [3.8, 4) is 0 Å². The highest BCUT2D eigenvalue weighted by Crippen LogP contribution is 2.34. The smallest absolute Gasteiger partial charge is 0.160 e. The Balaban J connectivity index is 1.97. The number of pyridine rings is 1. The van der Waals surface area contributed by atoms with Crippen LogP contribution in [-0.4, -0.2) is 39.6 Å². The lowest BCUT2D eigenvalue weighted by atomic mass is 9.80. The molecule has 21 heavy (non-hydrogen) atoms. The van der Waals surface area contributed by atoms with Crippen molar-refractivity contribution in [2.45, 2.75) is 39.1 Å². The van der Waals surface area contributed by atoms with Gasteiger partial charge in [0.25, 0.3) is 0 Å².